The fourth-order valence-electron chi connectivity index (χ4n) is 4.69. The molecule has 1 atom stereocenters. The first-order valence-corrected chi connectivity index (χ1v) is 12.8. The Labute approximate surface area is 224 Å². The zero-order valence-corrected chi connectivity index (χ0v) is 22.7. The molecule has 6 heteroatoms. The maximum Gasteiger partial charge on any atom is 0.295 e. The van der Waals surface area contributed by atoms with Crippen molar-refractivity contribution in [3.8, 4) is 5.75 Å². The van der Waals surface area contributed by atoms with E-state index >= 15 is 0 Å². The summed E-state index contributed by atoms with van der Waals surface area (Å²) in [4.78, 5) is 27.8. The molecule has 3 aromatic rings. The monoisotopic (exact) mass is 513 g/mol. The summed E-state index contributed by atoms with van der Waals surface area (Å²) in [6, 6.07) is 22.3. The van der Waals surface area contributed by atoms with E-state index in [9.17, 15) is 14.7 Å². The molecule has 0 aromatic heterocycles. The number of amides is 1. The second kappa shape index (κ2) is 11.2. The van der Waals surface area contributed by atoms with Crippen molar-refractivity contribution in [3.05, 3.63) is 106 Å². The molecule has 1 heterocycles. The molecule has 1 fully saturated rings. The predicted molar refractivity (Wildman–Crippen MR) is 148 cm³/mol. The van der Waals surface area contributed by atoms with Crippen molar-refractivity contribution in [1.82, 2.24) is 4.90 Å². The van der Waals surface area contributed by atoms with Crippen LogP contribution in [0.1, 0.15) is 54.6 Å². The molecule has 1 amide bonds. The number of carbonyl (C=O) groups excluding carboxylic acids is 2. The molecule has 0 saturated carbocycles. The van der Waals surface area contributed by atoms with Crippen LogP contribution < -0.4 is 4.74 Å². The normalized spacial score (nSPS) is 17.2. The molecule has 6 nitrogen and oxygen atoms in total. The maximum atomic E-state index is 13.3. The van der Waals surface area contributed by atoms with Crippen LogP contribution in [0.4, 0.5) is 0 Å². The number of methoxy groups -OCH3 is 1. The molecular formula is C32H35NO5. The van der Waals surface area contributed by atoms with Crippen molar-refractivity contribution in [1.29, 1.82) is 0 Å². The van der Waals surface area contributed by atoms with Crippen molar-refractivity contribution < 1.29 is 24.2 Å². The minimum absolute atomic E-state index is 0.0438. The van der Waals surface area contributed by atoms with Crippen LogP contribution in [0.15, 0.2) is 78.4 Å². The van der Waals surface area contributed by atoms with Gasteiger partial charge < -0.3 is 19.5 Å². The second-order valence-electron chi connectivity index (χ2n) is 10.6. The van der Waals surface area contributed by atoms with E-state index in [1.807, 2.05) is 67.6 Å². The number of carbonyl (C=O) groups is 2. The lowest BCUT2D eigenvalue weighted by molar-refractivity contribution is -0.140. The van der Waals surface area contributed by atoms with Gasteiger partial charge in [0.15, 0.2) is 0 Å². The fraction of sp³-hybridized carbons (Fsp3) is 0.312. The van der Waals surface area contributed by atoms with Gasteiger partial charge in [-0.1, -0.05) is 75.4 Å². The summed E-state index contributed by atoms with van der Waals surface area (Å²) in [7, 11) is 1.55. The summed E-state index contributed by atoms with van der Waals surface area (Å²) < 4.78 is 11.1. The van der Waals surface area contributed by atoms with Crippen LogP contribution >= 0.6 is 0 Å². The number of aliphatic hydroxyl groups is 1. The lowest BCUT2D eigenvalue weighted by atomic mass is 9.85. The molecule has 4 rings (SSSR count). The summed E-state index contributed by atoms with van der Waals surface area (Å²) in [5, 5.41) is 11.5. The molecule has 1 aliphatic heterocycles. The molecule has 1 N–H and O–H groups in total. The third-order valence-electron chi connectivity index (χ3n) is 6.87. The Morgan fingerprint density at radius 1 is 0.974 bits per heavy atom. The van der Waals surface area contributed by atoms with E-state index in [1.165, 1.54) is 4.90 Å². The van der Waals surface area contributed by atoms with Crippen LogP contribution in [0.25, 0.3) is 5.76 Å². The van der Waals surface area contributed by atoms with Crippen molar-refractivity contribution in [3.63, 3.8) is 0 Å². The number of aliphatic hydroxyl groups excluding tert-OH is 1. The second-order valence-corrected chi connectivity index (χ2v) is 10.6. The van der Waals surface area contributed by atoms with E-state index in [0.29, 0.717) is 17.9 Å². The molecular weight excluding hydrogens is 478 g/mol. The Kier molecular flexibility index (Phi) is 8.02. The lowest BCUT2D eigenvalue weighted by Gasteiger charge is -2.26. The zero-order chi connectivity index (χ0) is 27.4. The summed E-state index contributed by atoms with van der Waals surface area (Å²) in [6.07, 6.45) is 0. The molecule has 0 bridgehead atoms. The number of aryl methyl sites for hydroxylation is 1. The van der Waals surface area contributed by atoms with E-state index < -0.39 is 17.7 Å². The molecule has 0 aliphatic carbocycles. The average Bonchev–Trinajstić information content (AvgIpc) is 3.15. The molecule has 0 radical (unpaired) electrons. The van der Waals surface area contributed by atoms with Crippen LogP contribution in [0, 0.1) is 6.92 Å². The maximum absolute atomic E-state index is 13.3. The van der Waals surface area contributed by atoms with Crippen LogP contribution in [0.3, 0.4) is 0 Å². The van der Waals surface area contributed by atoms with E-state index in [4.69, 9.17) is 9.47 Å². The van der Waals surface area contributed by atoms with Gasteiger partial charge in [0.05, 0.1) is 18.2 Å². The van der Waals surface area contributed by atoms with Crippen LogP contribution in [-0.2, 0) is 26.3 Å². The number of benzene rings is 3. The highest BCUT2D eigenvalue weighted by molar-refractivity contribution is 6.46. The Hall–Kier alpha value is -3.90. The number of likely N-dealkylation sites (tertiary alicyclic amines) is 1. The molecule has 1 saturated heterocycles. The minimum atomic E-state index is -0.715. The Morgan fingerprint density at radius 3 is 2.26 bits per heavy atom. The van der Waals surface area contributed by atoms with E-state index in [1.54, 1.807) is 19.2 Å². The van der Waals surface area contributed by atoms with Gasteiger partial charge in [0, 0.05) is 19.2 Å². The number of nitrogens with zero attached hydrogens (tertiary/aromatic N) is 1. The first kappa shape index (κ1) is 27.1. The Bertz CT molecular complexity index is 1340. The molecule has 38 heavy (non-hydrogen) atoms. The summed E-state index contributed by atoms with van der Waals surface area (Å²) in [5.41, 5.74) is 4.20. The highest BCUT2D eigenvalue weighted by Crippen LogP contribution is 2.40. The van der Waals surface area contributed by atoms with Gasteiger partial charge in [-0.05, 0) is 52.8 Å². The van der Waals surface area contributed by atoms with Gasteiger partial charge in [-0.2, -0.15) is 0 Å². The fourth-order valence-corrected chi connectivity index (χ4v) is 4.69. The average molecular weight is 514 g/mol. The predicted octanol–water partition coefficient (Wildman–Crippen LogP) is 5.94. The third-order valence-corrected chi connectivity index (χ3v) is 6.87. The van der Waals surface area contributed by atoms with Crippen molar-refractivity contribution in [2.24, 2.45) is 0 Å². The first-order valence-electron chi connectivity index (χ1n) is 12.8. The van der Waals surface area contributed by atoms with Gasteiger partial charge in [0.25, 0.3) is 11.7 Å². The van der Waals surface area contributed by atoms with Gasteiger partial charge in [0.1, 0.15) is 18.1 Å². The van der Waals surface area contributed by atoms with Gasteiger partial charge in [-0.25, -0.2) is 0 Å². The van der Waals surface area contributed by atoms with E-state index in [0.717, 1.165) is 22.3 Å². The first-order chi connectivity index (χ1) is 18.1. The Morgan fingerprint density at radius 2 is 1.66 bits per heavy atom. The summed E-state index contributed by atoms with van der Waals surface area (Å²) in [5.74, 6) is -0.890. The minimum Gasteiger partial charge on any atom is -0.507 e. The lowest BCUT2D eigenvalue weighted by Crippen LogP contribution is -2.32. The van der Waals surface area contributed by atoms with Gasteiger partial charge >= 0.3 is 0 Å². The highest BCUT2D eigenvalue weighted by atomic mass is 16.5. The standard InChI is InChI=1S/C32H35NO5/c1-21-19-25(38-20-22-9-7-6-8-10-22)15-16-26(21)29(34)27-28(33(17-18-37-5)31(36)30(27)35)23-11-13-24(14-12-23)32(2,3)4/h6-16,19,28,34H,17-18,20H2,1-5H3/t28-/m1/s1. The highest BCUT2D eigenvalue weighted by Gasteiger charge is 2.46. The van der Waals surface area contributed by atoms with Crippen molar-refractivity contribution in [2.45, 2.75) is 45.8 Å². The quantitative estimate of drug-likeness (QED) is 0.229. The smallest absolute Gasteiger partial charge is 0.295 e. The molecule has 3 aromatic carbocycles. The van der Waals surface area contributed by atoms with Gasteiger partial charge in [-0.3, -0.25) is 9.59 Å². The Balaban J connectivity index is 1.71. The van der Waals surface area contributed by atoms with Crippen molar-refractivity contribution in [2.75, 3.05) is 20.3 Å². The topological polar surface area (TPSA) is 76.1 Å². The molecule has 198 valence electrons. The third kappa shape index (κ3) is 5.65. The van der Waals surface area contributed by atoms with E-state index in [-0.39, 0.29) is 29.9 Å². The number of rotatable bonds is 8. The number of hydrogen-bond donors (Lipinski definition) is 1. The van der Waals surface area contributed by atoms with Gasteiger partial charge in [-0.15, -0.1) is 0 Å². The van der Waals surface area contributed by atoms with Crippen LogP contribution in [-0.4, -0.2) is 42.0 Å². The zero-order valence-electron chi connectivity index (χ0n) is 22.7. The van der Waals surface area contributed by atoms with Crippen LogP contribution in [0.5, 0.6) is 5.75 Å². The van der Waals surface area contributed by atoms with Crippen molar-refractivity contribution >= 4 is 17.4 Å². The van der Waals surface area contributed by atoms with Gasteiger partial charge in [0.2, 0.25) is 0 Å². The number of hydrogen-bond acceptors (Lipinski definition) is 5. The number of ketones is 1. The SMILES string of the molecule is COCCN1C(=O)C(=O)C(=C(O)c2ccc(OCc3ccccc3)cc2C)[C@H]1c1ccc(C(C)(C)C)cc1. The summed E-state index contributed by atoms with van der Waals surface area (Å²) >= 11 is 0. The summed E-state index contributed by atoms with van der Waals surface area (Å²) in [6.45, 7) is 9.15. The molecule has 0 spiro atoms. The number of ether oxygens (including phenoxy) is 2. The molecule has 0 unspecified atom stereocenters. The molecule has 1 aliphatic rings. The van der Waals surface area contributed by atoms with Crippen LogP contribution in [0.2, 0.25) is 0 Å². The number of Topliss-reactive ketones (excluding diaryl/α,β-unsaturated/α-hetero) is 1. The largest absolute Gasteiger partial charge is 0.507 e. The van der Waals surface area contributed by atoms with E-state index in [2.05, 4.69) is 20.8 Å².